The summed E-state index contributed by atoms with van der Waals surface area (Å²) in [6.07, 6.45) is 2.21. The predicted molar refractivity (Wildman–Crippen MR) is 80.0 cm³/mol. The fourth-order valence-electron chi connectivity index (χ4n) is 1.89. The minimum Gasteiger partial charge on any atom is -0.456 e. The van der Waals surface area contributed by atoms with E-state index in [0.29, 0.717) is 6.42 Å². The molecule has 0 aliphatic carbocycles. The number of aliphatic hydroxyl groups excluding tert-OH is 1. The largest absolute Gasteiger partial charge is 0.456 e. The van der Waals surface area contributed by atoms with E-state index < -0.39 is 6.10 Å². The zero-order valence-corrected chi connectivity index (χ0v) is 12.0. The lowest BCUT2D eigenvalue weighted by Gasteiger charge is -2.16. The molecular weight excluding hydrogens is 256 g/mol. The van der Waals surface area contributed by atoms with Crippen molar-refractivity contribution in [2.75, 3.05) is 6.26 Å². The van der Waals surface area contributed by atoms with Gasteiger partial charge in [-0.15, -0.1) is 11.8 Å². The fraction of sp³-hybridized carbons (Fsp3) is 0.250. The van der Waals surface area contributed by atoms with Crippen LogP contribution in [0.15, 0.2) is 53.4 Å². The van der Waals surface area contributed by atoms with Crippen molar-refractivity contribution in [2.45, 2.75) is 24.3 Å². The second-order valence-corrected chi connectivity index (χ2v) is 5.06. The lowest BCUT2D eigenvalue weighted by molar-refractivity contribution is 0.170. The number of rotatable bonds is 5. The third-order valence-electron chi connectivity index (χ3n) is 2.95. The molecule has 2 rings (SSSR count). The Morgan fingerprint density at radius 2 is 1.68 bits per heavy atom. The highest BCUT2D eigenvalue weighted by Crippen LogP contribution is 2.35. The molecule has 2 aromatic carbocycles. The van der Waals surface area contributed by atoms with E-state index in [1.165, 1.54) is 0 Å². The number of para-hydroxylation sites is 2. The van der Waals surface area contributed by atoms with Crippen molar-refractivity contribution in [1.82, 2.24) is 0 Å². The van der Waals surface area contributed by atoms with Gasteiger partial charge in [0.25, 0.3) is 0 Å². The molecular formula is C16H18O2S. The number of aliphatic hydroxyl groups is 1. The summed E-state index contributed by atoms with van der Waals surface area (Å²) in [7, 11) is 0. The van der Waals surface area contributed by atoms with Gasteiger partial charge < -0.3 is 9.84 Å². The molecule has 100 valence electrons. The average molecular weight is 274 g/mol. The summed E-state index contributed by atoms with van der Waals surface area (Å²) in [6, 6.07) is 15.6. The normalized spacial score (nSPS) is 12.2. The quantitative estimate of drug-likeness (QED) is 0.805. The molecule has 0 spiro atoms. The van der Waals surface area contributed by atoms with Crippen LogP contribution in [0.3, 0.4) is 0 Å². The summed E-state index contributed by atoms with van der Waals surface area (Å²) < 4.78 is 5.97. The highest BCUT2D eigenvalue weighted by Gasteiger charge is 2.12. The first-order valence-electron chi connectivity index (χ1n) is 6.34. The van der Waals surface area contributed by atoms with Gasteiger partial charge in [0.2, 0.25) is 0 Å². The van der Waals surface area contributed by atoms with Crippen LogP contribution in [-0.2, 0) is 0 Å². The van der Waals surface area contributed by atoms with Gasteiger partial charge in [0.1, 0.15) is 11.5 Å². The Labute approximate surface area is 118 Å². The van der Waals surface area contributed by atoms with E-state index in [4.69, 9.17) is 4.74 Å². The van der Waals surface area contributed by atoms with Crippen LogP contribution in [0.25, 0.3) is 0 Å². The van der Waals surface area contributed by atoms with Crippen LogP contribution in [0, 0.1) is 0 Å². The van der Waals surface area contributed by atoms with Crippen LogP contribution in [0.2, 0.25) is 0 Å². The van der Waals surface area contributed by atoms with Crippen molar-refractivity contribution < 1.29 is 9.84 Å². The first-order valence-corrected chi connectivity index (χ1v) is 7.56. The SMILES string of the molecule is CC[C@@H](O)c1ccccc1Oc1ccccc1SC. The summed E-state index contributed by atoms with van der Waals surface area (Å²) in [6.45, 7) is 1.96. The Bertz CT molecular complexity index is 540. The predicted octanol–water partition coefficient (Wildman–Crippen LogP) is 4.64. The van der Waals surface area contributed by atoms with E-state index in [0.717, 1.165) is 22.0 Å². The van der Waals surface area contributed by atoms with E-state index in [2.05, 4.69) is 0 Å². The number of thioether (sulfide) groups is 1. The molecule has 0 aliphatic rings. The molecule has 0 aromatic heterocycles. The second-order valence-electron chi connectivity index (χ2n) is 4.21. The molecule has 0 unspecified atom stereocenters. The van der Waals surface area contributed by atoms with Crippen molar-refractivity contribution in [2.24, 2.45) is 0 Å². The molecule has 0 heterocycles. The van der Waals surface area contributed by atoms with Crippen molar-refractivity contribution in [3.05, 3.63) is 54.1 Å². The Hall–Kier alpha value is -1.45. The second kappa shape index (κ2) is 6.64. The van der Waals surface area contributed by atoms with Gasteiger partial charge >= 0.3 is 0 Å². The van der Waals surface area contributed by atoms with Crippen molar-refractivity contribution >= 4 is 11.8 Å². The van der Waals surface area contributed by atoms with Gasteiger partial charge in [0.05, 0.1) is 6.10 Å². The standard InChI is InChI=1S/C16H18O2S/c1-3-13(17)12-8-4-5-9-14(12)18-15-10-6-7-11-16(15)19-2/h4-11,13,17H,3H2,1-2H3/t13-/m1/s1. The molecule has 0 bridgehead atoms. The molecule has 3 heteroatoms. The van der Waals surface area contributed by atoms with Gasteiger partial charge in [0, 0.05) is 10.5 Å². The first kappa shape index (κ1) is 14.0. The zero-order chi connectivity index (χ0) is 13.7. The van der Waals surface area contributed by atoms with Gasteiger partial charge in [-0.1, -0.05) is 37.3 Å². The number of hydrogen-bond acceptors (Lipinski definition) is 3. The maximum absolute atomic E-state index is 10.0. The molecule has 0 amide bonds. The minimum atomic E-state index is -0.488. The van der Waals surface area contributed by atoms with E-state index in [1.54, 1.807) is 11.8 Å². The molecule has 2 nitrogen and oxygen atoms in total. The van der Waals surface area contributed by atoms with Crippen LogP contribution in [0.1, 0.15) is 25.0 Å². The molecule has 0 aliphatic heterocycles. The Morgan fingerprint density at radius 1 is 1.05 bits per heavy atom. The Kier molecular flexibility index (Phi) is 4.88. The third-order valence-corrected chi connectivity index (χ3v) is 3.73. The zero-order valence-electron chi connectivity index (χ0n) is 11.2. The molecule has 19 heavy (non-hydrogen) atoms. The van der Waals surface area contributed by atoms with Gasteiger partial charge in [-0.25, -0.2) is 0 Å². The van der Waals surface area contributed by atoms with Crippen molar-refractivity contribution in [1.29, 1.82) is 0 Å². The summed E-state index contributed by atoms with van der Waals surface area (Å²) >= 11 is 1.65. The summed E-state index contributed by atoms with van der Waals surface area (Å²) in [5, 5.41) is 10.0. The minimum absolute atomic E-state index is 0.488. The molecule has 1 N–H and O–H groups in total. The molecule has 0 saturated heterocycles. The molecule has 0 radical (unpaired) electrons. The smallest absolute Gasteiger partial charge is 0.140 e. The highest BCUT2D eigenvalue weighted by atomic mass is 32.2. The summed E-state index contributed by atoms with van der Waals surface area (Å²) in [5.41, 5.74) is 0.834. The molecule has 0 saturated carbocycles. The number of benzene rings is 2. The molecule has 1 atom stereocenters. The van der Waals surface area contributed by atoms with Crippen LogP contribution >= 0.6 is 11.8 Å². The first-order chi connectivity index (χ1) is 9.26. The van der Waals surface area contributed by atoms with Gasteiger partial charge in [-0.2, -0.15) is 0 Å². The lowest BCUT2D eigenvalue weighted by atomic mass is 10.1. The van der Waals surface area contributed by atoms with Crippen molar-refractivity contribution in [3.8, 4) is 11.5 Å². The summed E-state index contributed by atoms with van der Waals surface area (Å²) in [5.74, 6) is 1.55. The summed E-state index contributed by atoms with van der Waals surface area (Å²) in [4.78, 5) is 1.09. The topological polar surface area (TPSA) is 29.5 Å². The average Bonchev–Trinajstić information content (AvgIpc) is 2.47. The van der Waals surface area contributed by atoms with Crippen LogP contribution < -0.4 is 4.74 Å². The number of hydrogen-bond donors (Lipinski definition) is 1. The van der Waals surface area contributed by atoms with Gasteiger partial charge in [-0.3, -0.25) is 0 Å². The lowest BCUT2D eigenvalue weighted by Crippen LogP contribution is -1.99. The third kappa shape index (κ3) is 3.31. The van der Waals surface area contributed by atoms with Crippen molar-refractivity contribution in [3.63, 3.8) is 0 Å². The van der Waals surface area contributed by atoms with E-state index >= 15 is 0 Å². The Morgan fingerprint density at radius 3 is 2.37 bits per heavy atom. The van der Waals surface area contributed by atoms with Gasteiger partial charge in [0.15, 0.2) is 0 Å². The fourth-order valence-corrected chi connectivity index (χ4v) is 2.42. The van der Waals surface area contributed by atoms with E-state index in [-0.39, 0.29) is 0 Å². The van der Waals surface area contributed by atoms with E-state index in [1.807, 2.05) is 61.7 Å². The Balaban J connectivity index is 2.33. The maximum atomic E-state index is 10.0. The van der Waals surface area contributed by atoms with E-state index in [9.17, 15) is 5.11 Å². The van der Waals surface area contributed by atoms with Crippen LogP contribution in [0.5, 0.6) is 11.5 Å². The monoisotopic (exact) mass is 274 g/mol. The molecule has 2 aromatic rings. The number of ether oxygens (including phenoxy) is 1. The highest BCUT2D eigenvalue weighted by molar-refractivity contribution is 7.98. The van der Waals surface area contributed by atoms with Crippen LogP contribution in [-0.4, -0.2) is 11.4 Å². The molecule has 0 fully saturated rings. The van der Waals surface area contributed by atoms with Crippen LogP contribution in [0.4, 0.5) is 0 Å². The maximum Gasteiger partial charge on any atom is 0.140 e. The van der Waals surface area contributed by atoms with Gasteiger partial charge in [-0.05, 0) is 30.9 Å².